The SMILES string of the molecule is O=S(=O)(c1cc2c(cc1F)OC(c1ccc(F)cc1)(c1ccc(F)cc1)O2)N1CCCC1. The first kappa shape index (κ1) is 20.8. The molecule has 0 atom stereocenters. The van der Waals surface area contributed by atoms with E-state index in [1.165, 1.54) is 52.8 Å². The molecule has 166 valence electrons. The maximum absolute atomic E-state index is 14.9. The Morgan fingerprint density at radius 3 is 1.72 bits per heavy atom. The average molecular weight is 461 g/mol. The lowest BCUT2D eigenvalue weighted by Crippen LogP contribution is -2.36. The van der Waals surface area contributed by atoms with E-state index in [0.29, 0.717) is 37.1 Å². The first-order valence-corrected chi connectivity index (χ1v) is 11.5. The summed E-state index contributed by atoms with van der Waals surface area (Å²) in [6.45, 7) is 0.649. The largest absolute Gasteiger partial charge is 0.440 e. The molecule has 0 bridgehead atoms. The van der Waals surface area contributed by atoms with Gasteiger partial charge in [-0.05, 0) is 61.4 Å². The molecule has 2 heterocycles. The van der Waals surface area contributed by atoms with Crippen LogP contribution in [-0.2, 0) is 15.8 Å². The van der Waals surface area contributed by atoms with E-state index >= 15 is 0 Å². The van der Waals surface area contributed by atoms with Gasteiger partial charge < -0.3 is 9.47 Å². The fourth-order valence-corrected chi connectivity index (χ4v) is 5.59. The second kappa shape index (κ2) is 7.53. The van der Waals surface area contributed by atoms with Gasteiger partial charge in [0.1, 0.15) is 22.3 Å². The van der Waals surface area contributed by atoms with Crippen LogP contribution in [0.15, 0.2) is 65.6 Å². The molecular weight excluding hydrogens is 443 g/mol. The van der Waals surface area contributed by atoms with Gasteiger partial charge >= 0.3 is 5.79 Å². The summed E-state index contributed by atoms with van der Waals surface area (Å²) in [7, 11) is -4.05. The van der Waals surface area contributed by atoms with Crippen molar-refractivity contribution < 1.29 is 31.1 Å². The van der Waals surface area contributed by atoms with Gasteiger partial charge in [0.05, 0.1) is 0 Å². The Balaban J connectivity index is 1.62. The number of fused-ring (bicyclic) bond motifs is 1. The van der Waals surface area contributed by atoms with Gasteiger partial charge in [0.15, 0.2) is 11.5 Å². The third-order valence-electron chi connectivity index (χ3n) is 5.64. The summed E-state index contributed by atoms with van der Waals surface area (Å²) in [5.41, 5.74) is 0.733. The van der Waals surface area contributed by atoms with Crippen LogP contribution in [0.5, 0.6) is 11.5 Å². The van der Waals surface area contributed by atoms with Gasteiger partial charge in [-0.25, -0.2) is 21.6 Å². The first-order valence-electron chi connectivity index (χ1n) is 10.0. The van der Waals surface area contributed by atoms with Crippen LogP contribution in [0.25, 0.3) is 0 Å². The maximum atomic E-state index is 14.9. The molecule has 2 aliphatic rings. The highest BCUT2D eigenvalue weighted by molar-refractivity contribution is 7.89. The lowest BCUT2D eigenvalue weighted by atomic mass is 9.97. The summed E-state index contributed by atoms with van der Waals surface area (Å²) >= 11 is 0. The molecule has 3 aromatic carbocycles. The second-order valence-electron chi connectivity index (χ2n) is 7.68. The molecule has 0 amide bonds. The molecule has 1 saturated heterocycles. The minimum atomic E-state index is -4.05. The molecule has 0 radical (unpaired) electrons. The molecule has 5 rings (SSSR count). The number of hydrogen-bond acceptors (Lipinski definition) is 4. The van der Waals surface area contributed by atoms with Gasteiger partial charge in [-0.2, -0.15) is 4.31 Å². The number of hydrogen-bond donors (Lipinski definition) is 0. The summed E-state index contributed by atoms with van der Waals surface area (Å²) in [6, 6.07) is 12.6. The molecule has 0 spiro atoms. The van der Waals surface area contributed by atoms with Crippen molar-refractivity contribution in [3.05, 3.63) is 89.2 Å². The molecule has 0 aromatic heterocycles. The predicted molar refractivity (Wildman–Crippen MR) is 109 cm³/mol. The monoisotopic (exact) mass is 461 g/mol. The Morgan fingerprint density at radius 1 is 0.750 bits per heavy atom. The molecule has 3 aromatic rings. The number of halogens is 3. The van der Waals surface area contributed by atoms with E-state index in [1.807, 2.05) is 0 Å². The van der Waals surface area contributed by atoms with Crippen molar-refractivity contribution in [3.8, 4) is 11.5 Å². The smallest absolute Gasteiger partial charge is 0.305 e. The summed E-state index contributed by atoms with van der Waals surface area (Å²) in [5.74, 6) is -3.61. The fourth-order valence-electron chi connectivity index (χ4n) is 4.01. The normalized spacial score (nSPS) is 17.6. The Bertz CT molecular complexity index is 1230. The Kier molecular flexibility index (Phi) is 4.90. The summed E-state index contributed by atoms with van der Waals surface area (Å²) < 4.78 is 81.2. The number of benzene rings is 3. The van der Waals surface area contributed by atoms with Crippen molar-refractivity contribution in [1.29, 1.82) is 0 Å². The predicted octanol–water partition coefficient (Wildman–Crippen LogP) is 4.56. The third kappa shape index (κ3) is 3.32. The Labute approximate surface area is 183 Å². The Morgan fingerprint density at radius 2 is 1.22 bits per heavy atom. The summed E-state index contributed by atoms with van der Waals surface area (Å²) in [4.78, 5) is -0.504. The van der Waals surface area contributed by atoms with E-state index in [1.54, 1.807) is 0 Å². The topological polar surface area (TPSA) is 55.8 Å². The van der Waals surface area contributed by atoms with Crippen LogP contribution in [0.2, 0.25) is 0 Å². The minimum absolute atomic E-state index is 0.0119. The lowest BCUT2D eigenvalue weighted by Gasteiger charge is -2.28. The van der Waals surface area contributed by atoms with Crippen molar-refractivity contribution in [2.75, 3.05) is 13.1 Å². The second-order valence-corrected chi connectivity index (χ2v) is 9.58. The van der Waals surface area contributed by atoms with Gasteiger partial charge in [-0.3, -0.25) is 0 Å². The molecule has 0 aliphatic carbocycles. The zero-order chi connectivity index (χ0) is 22.5. The zero-order valence-electron chi connectivity index (χ0n) is 16.7. The molecule has 1 fully saturated rings. The van der Waals surface area contributed by atoms with Crippen LogP contribution < -0.4 is 9.47 Å². The van der Waals surface area contributed by atoms with Gasteiger partial charge in [-0.1, -0.05) is 0 Å². The van der Waals surface area contributed by atoms with Crippen molar-refractivity contribution >= 4 is 10.0 Å². The third-order valence-corrected chi connectivity index (χ3v) is 7.55. The van der Waals surface area contributed by atoms with Crippen LogP contribution in [0.1, 0.15) is 24.0 Å². The molecule has 32 heavy (non-hydrogen) atoms. The van der Waals surface area contributed by atoms with E-state index in [4.69, 9.17) is 9.47 Å². The fraction of sp³-hybridized carbons (Fsp3) is 0.217. The number of sulfonamides is 1. The van der Waals surface area contributed by atoms with E-state index in [0.717, 1.165) is 12.1 Å². The van der Waals surface area contributed by atoms with Crippen molar-refractivity contribution in [1.82, 2.24) is 4.31 Å². The van der Waals surface area contributed by atoms with Crippen molar-refractivity contribution in [2.24, 2.45) is 0 Å². The van der Waals surface area contributed by atoms with Gasteiger partial charge in [0.25, 0.3) is 0 Å². The Hall–Kier alpha value is -3.04. The van der Waals surface area contributed by atoms with E-state index in [2.05, 4.69) is 0 Å². The highest BCUT2D eigenvalue weighted by Gasteiger charge is 2.47. The summed E-state index contributed by atoms with van der Waals surface area (Å²) in [5, 5.41) is 0. The molecule has 0 unspecified atom stereocenters. The van der Waals surface area contributed by atoms with E-state index in [9.17, 15) is 21.6 Å². The standard InChI is InChI=1S/C23H18F3NO4S/c24-17-7-3-15(4-8-17)23(16-5-9-18(25)10-6-16)30-20-13-19(26)22(14-21(20)31-23)32(28,29)27-11-1-2-12-27/h3-10,13-14H,1-2,11-12H2. The van der Waals surface area contributed by atoms with Crippen molar-refractivity contribution in [3.63, 3.8) is 0 Å². The quantitative estimate of drug-likeness (QED) is 0.572. The molecular formula is C23H18F3NO4S. The first-order chi connectivity index (χ1) is 15.3. The molecule has 0 N–H and O–H groups in total. The molecule has 0 saturated carbocycles. The molecule has 5 nitrogen and oxygen atoms in total. The van der Waals surface area contributed by atoms with Crippen LogP contribution in [0.3, 0.4) is 0 Å². The number of rotatable bonds is 4. The average Bonchev–Trinajstić information content (AvgIpc) is 3.43. The lowest BCUT2D eigenvalue weighted by molar-refractivity contribution is -0.0460. The molecule has 9 heteroatoms. The zero-order valence-corrected chi connectivity index (χ0v) is 17.5. The van der Waals surface area contributed by atoms with E-state index < -0.39 is 38.2 Å². The highest BCUT2D eigenvalue weighted by Crippen LogP contribution is 2.49. The number of ether oxygens (including phenoxy) is 2. The highest BCUT2D eigenvalue weighted by atomic mass is 32.2. The van der Waals surface area contributed by atoms with Gasteiger partial charge in [0, 0.05) is 36.3 Å². The van der Waals surface area contributed by atoms with Crippen LogP contribution >= 0.6 is 0 Å². The summed E-state index contributed by atoms with van der Waals surface area (Å²) in [6.07, 6.45) is 1.42. The van der Waals surface area contributed by atoms with Crippen LogP contribution in [-0.4, -0.2) is 25.8 Å². The van der Waals surface area contributed by atoms with Gasteiger partial charge in [0.2, 0.25) is 10.0 Å². The van der Waals surface area contributed by atoms with E-state index in [-0.39, 0.29) is 11.5 Å². The minimum Gasteiger partial charge on any atom is -0.440 e. The maximum Gasteiger partial charge on any atom is 0.305 e. The van der Waals surface area contributed by atoms with Gasteiger partial charge in [-0.15, -0.1) is 0 Å². The number of nitrogens with zero attached hydrogens (tertiary/aromatic N) is 1. The van der Waals surface area contributed by atoms with Crippen LogP contribution in [0.4, 0.5) is 13.2 Å². The van der Waals surface area contributed by atoms with Crippen molar-refractivity contribution in [2.45, 2.75) is 23.5 Å². The molecule has 2 aliphatic heterocycles. The van der Waals surface area contributed by atoms with Crippen LogP contribution in [0, 0.1) is 17.5 Å².